The number of carboxylic acids is 1. The van der Waals surface area contributed by atoms with E-state index in [1.54, 1.807) is 6.33 Å². The van der Waals surface area contributed by atoms with Crippen LogP contribution in [-0.2, 0) is 13.1 Å². The molecule has 0 spiro atoms. The number of rotatable bonds is 3. The van der Waals surface area contributed by atoms with Crippen molar-refractivity contribution < 1.29 is 9.90 Å². The number of hydrogen-bond donors (Lipinski definition) is 1. The molecule has 1 aromatic rings. The van der Waals surface area contributed by atoms with Gasteiger partial charge >= 0.3 is 5.97 Å². The predicted octanol–water partition coefficient (Wildman–Crippen LogP) is 1.05. The van der Waals surface area contributed by atoms with Crippen molar-refractivity contribution in [2.24, 2.45) is 5.92 Å². The molecule has 0 unspecified atom stereocenters. The summed E-state index contributed by atoms with van der Waals surface area (Å²) in [4.78, 5) is 17.2. The molecule has 0 aromatic carbocycles. The number of fused-ring (bicyclic) bond motifs is 1. The lowest BCUT2D eigenvalue weighted by molar-refractivity contribution is 0.0686. The van der Waals surface area contributed by atoms with Crippen molar-refractivity contribution in [3.63, 3.8) is 0 Å². The summed E-state index contributed by atoms with van der Waals surface area (Å²) in [6.45, 7) is 7.85. The Hall–Kier alpha value is -1.36. The molecule has 0 saturated heterocycles. The highest BCUT2D eigenvalue weighted by Gasteiger charge is 2.23. The Morgan fingerprint density at radius 1 is 1.56 bits per heavy atom. The average molecular weight is 223 g/mol. The SMILES string of the molecule is CC(C)CN1CCn2cnc(C(=O)O)c2C1. The fraction of sp³-hybridized carbons (Fsp3) is 0.636. The monoisotopic (exact) mass is 223 g/mol. The molecule has 1 aliphatic rings. The first-order valence-corrected chi connectivity index (χ1v) is 5.57. The van der Waals surface area contributed by atoms with Crippen LogP contribution in [0.1, 0.15) is 30.0 Å². The van der Waals surface area contributed by atoms with Crippen molar-refractivity contribution in [2.75, 3.05) is 13.1 Å². The van der Waals surface area contributed by atoms with E-state index in [9.17, 15) is 4.79 Å². The minimum atomic E-state index is -0.930. The zero-order chi connectivity index (χ0) is 11.7. The summed E-state index contributed by atoms with van der Waals surface area (Å²) in [7, 11) is 0. The Labute approximate surface area is 94.7 Å². The second kappa shape index (κ2) is 4.25. The van der Waals surface area contributed by atoms with Crippen LogP contribution in [0.25, 0.3) is 0 Å². The minimum absolute atomic E-state index is 0.202. The van der Waals surface area contributed by atoms with Crippen molar-refractivity contribution in [1.82, 2.24) is 14.5 Å². The van der Waals surface area contributed by atoms with Crippen LogP contribution in [-0.4, -0.2) is 38.6 Å². The number of carbonyl (C=O) groups is 1. The minimum Gasteiger partial charge on any atom is -0.476 e. The zero-order valence-corrected chi connectivity index (χ0v) is 9.68. The van der Waals surface area contributed by atoms with Crippen molar-refractivity contribution in [3.8, 4) is 0 Å². The largest absolute Gasteiger partial charge is 0.476 e. The predicted molar refractivity (Wildman–Crippen MR) is 59.3 cm³/mol. The molecule has 0 bridgehead atoms. The highest BCUT2D eigenvalue weighted by atomic mass is 16.4. The number of imidazole rings is 1. The summed E-state index contributed by atoms with van der Waals surface area (Å²) in [5, 5.41) is 9.00. The van der Waals surface area contributed by atoms with E-state index in [4.69, 9.17) is 5.11 Å². The van der Waals surface area contributed by atoms with Crippen LogP contribution in [0, 0.1) is 5.92 Å². The lowest BCUT2D eigenvalue weighted by Crippen LogP contribution is -2.36. The van der Waals surface area contributed by atoms with Gasteiger partial charge < -0.3 is 9.67 Å². The molecule has 0 fully saturated rings. The first-order valence-electron chi connectivity index (χ1n) is 5.57. The molecular weight excluding hydrogens is 206 g/mol. The molecule has 0 aliphatic carbocycles. The van der Waals surface area contributed by atoms with Crippen LogP contribution in [0.15, 0.2) is 6.33 Å². The van der Waals surface area contributed by atoms with E-state index in [1.807, 2.05) is 4.57 Å². The van der Waals surface area contributed by atoms with Gasteiger partial charge in [0.15, 0.2) is 5.69 Å². The molecule has 0 saturated carbocycles. The van der Waals surface area contributed by atoms with E-state index < -0.39 is 5.97 Å². The molecule has 0 amide bonds. The van der Waals surface area contributed by atoms with Gasteiger partial charge in [0.2, 0.25) is 0 Å². The van der Waals surface area contributed by atoms with Gasteiger partial charge in [-0.15, -0.1) is 0 Å². The Morgan fingerprint density at radius 3 is 2.94 bits per heavy atom. The summed E-state index contributed by atoms with van der Waals surface area (Å²) in [5.74, 6) is -0.331. The van der Waals surface area contributed by atoms with Crippen molar-refractivity contribution in [2.45, 2.75) is 26.9 Å². The standard InChI is InChI=1S/C11H17N3O2/c1-8(2)5-13-3-4-14-7-12-10(11(15)16)9(14)6-13/h7-8H,3-6H2,1-2H3,(H,15,16). The second-order valence-electron chi connectivity index (χ2n) is 4.67. The van der Waals surface area contributed by atoms with Gasteiger partial charge in [-0.25, -0.2) is 9.78 Å². The van der Waals surface area contributed by atoms with Gasteiger partial charge in [-0.05, 0) is 5.92 Å². The van der Waals surface area contributed by atoms with Crippen LogP contribution in [0.5, 0.6) is 0 Å². The highest BCUT2D eigenvalue weighted by molar-refractivity contribution is 5.86. The van der Waals surface area contributed by atoms with Crippen LogP contribution in [0.3, 0.4) is 0 Å². The third kappa shape index (κ3) is 2.09. The molecule has 5 heteroatoms. The van der Waals surface area contributed by atoms with Gasteiger partial charge in [0, 0.05) is 26.2 Å². The maximum Gasteiger partial charge on any atom is 0.356 e. The Morgan fingerprint density at radius 2 is 2.31 bits per heavy atom. The first-order chi connectivity index (χ1) is 7.58. The highest BCUT2D eigenvalue weighted by Crippen LogP contribution is 2.17. The number of carboxylic acid groups (broad SMARTS) is 1. The van der Waals surface area contributed by atoms with E-state index in [2.05, 4.69) is 23.7 Å². The molecule has 1 N–H and O–H groups in total. The molecule has 0 radical (unpaired) electrons. The third-order valence-electron chi connectivity index (χ3n) is 2.80. The van der Waals surface area contributed by atoms with Crippen molar-refractivity contribution >= 4 is 5.97 Å². The summed E-state index contributed by atoms with van der Waals surface area (Å²) in [6.07, 6.45) is 1.63. The average Bonchev–Trinajstić information content (AvgIpc) is 2.59. The molecular formula is C11H17N3O2. The first kappa shape index (κ1) is 11.1. The maximum atomic E-state index is 11.0. The fourth-order valence-corrected chi connectivity index (χ4v) is 2.16. The van der Waals surface area contributed by atoms with Gasteiger partial charge in [-0.1, -0.05) is 13.8 Å². The topological polar surface area (TPSA) is 58.4 Å². The van der Waals surface area contributed by atoms with Crippen LogP contribution < -0.4 is 0 Å². The molecule has 2 heterocycles. The number of hydrogen-bond acceptors (Lipinski definition) is 3. The molecule has 0 atom stereocenters. The maximum absolute atomic E-state index is 11.0. The van der Waals surface area contributed by atoms with Gasteiger partial charge in [0.05, 0.1) is 12.0 Å². The van der Waals surface area contributed by atoms with Crippen LogP contribution >= 0.6 is 0 Å². The Bertz CT molecular complexity index is 398. The summed E-state index contributed by atoms with van der Waals surface area (Å²) < 4.78 is 1.94. The summed E-state index contributed by atoms with van der Waals surface area (Å²) in [5.41, 5.74) is 1.04. The van der Waals surface area contributed by atoms with Crippen LogP contribution in [0.2, 0.25) is 0 Å². The van der Waals surface area contributed by atoms with Crippen molar-refractivity contribution in [1.29, 1.82) is 0 Å². The van der Waals surface area contributed by atoms with Crippen molar-refractivity contribution in [3.05, 3.63) is 17.7 Å². The molecule has 2 rings (SSSR count). The molecule has 1 aliphatic heterocycles. The van der Waals surface area contributed by atoms with E-state index in [-0.39, 0.29) is 5.69 Å². The van der Waals surface area contributed by atoms with E-state index in [0.717, 1.165) is 25.3 Å². The lowest BCUT2D eigenvalue weighted by atomic mass is 10.1. The molecule has 5 nitrogen and oxygen atoms in total. The second-order valence-corrected chi connectivity index (χ2v) is 4.67. The van der Waals surface area contributed by atoms with Crippen LogP contribution in [0.4, 0.5) is 0 Å². The Kier molecular flexibility index (Phi) is 2.96. The lowest BCUT2D eigenvalue weighted by Gasteiger charge is -2.29. The quantitative estimate of drug-likeness (QED) is 0.832. The van der Waals surface area contributed by atoms with E-state index >= 15 is 0 Å². The van der Waals surface area contributed by atoms with Gasteiger partial charge in [0.1, 0.15) is 0 Å². The smallest absolute Gasteiger partial charge is 0.356 e. The normalized spacial score (nSPS) is 16.4. The fourth-order valence-electron chi connectivity index (χ4n) is 2.16. The molecule has 88 valence electrons. The summed E-state index contributed by atoms with van der Waals surface area (Å²) in [6, 6.07) is 0. The van der Waals surface area contributed by atoms with Gasteiger partial charge in [0.25, 0.3) is 0 Å². The third-order valence-corrected chi connectivity index (χ3v) is 2.80. The van der Waals surface area contributed by atoms with Gasteiger partial charge in [-0.3, -0.25) is 4.90 Å². The zero-order valence-electron chi connectivity index (χ0n) is 9.68. The number of nitrogens with zero attached hydrogens (tertiary/aromatic N) is 3. The van der Waals surface area contributed by atoms with E-state index in [0.29, 0.717) is 12.5 Å². The summed E-state index contributed by atoms with van der Waals surface area (Å²) >= 11 is 0. The van der Waals surface area contributed by atoms with E-state index in [1.165, 1.54) is 0 Å². The Balaban J connectivity index is 2.17. The molecule has 1 aromatic heterocycles. The van der Waals surface area contributed by atoms with Gasteiger partial charge in [-0.2, -0.15) is 0 Å². The number of aromatic nitrogens is 2. The molecule has 16 heavy (non-hydrogen) atoms. The number of aromatic carboxylic acids is 1.